The summed E-state index contributed by atoms with van der Waals surface area (Å²) in [7, 11) is 0. The molecule has 0 amide bonds. The summed E-state index contributed by atoms with van der Waals surface area (Å²) in [5.74, 6) is 0. The fraction of sp³-hybridized carbons (Fsp3) is 0. The molecule has 20 heavy (non-hydrogen) atoms. The molecule has 3 aromatic rings. The van der Waals surface area contributed by atoms with Gasteiger partial charge in [0.2, 0.25) is 0 Å². The molecule has 0 radical (unpaired) electrons. The average molecular weight is 260 g/mol. The Bertz CT molecular complexity index is 537. The summed E-state index contributed by atoms with van der Waals surface area (Å²) in [6, 6.07) is 20.6. The van der Waals surface area contributed by atoms with Crippen molar-refractivity contribution in [2.24, 2.45) is 0 Å². The number of aromatic nitrogens is 2. The third-order valence-corrected chi connectivity index (χ3v) is 2.54. The van der Waals surface area contributed by atoms with E-state index in [4.69, 9.17) is 0 Å². The predicted octanol–water partition coefficient (Wildman–Crippen LogP) is 4.33. The van der Waals surface area contributed by atoms with Crippen LogP contribution in [0.15, 0.2) is 85.5 Å². The first kappa shape index (κ1) is 13.7. The summed E-state index contributed by atoms with van der Waals surface area (Å²) in [4.78, 5) is 7.44. The van der Waals surface area contributed by atoms with Crippen molar-refractivity contribution in [1.29, 1.82) is 0 Å². The Morgan fingerprint density at radius 1 is 0.500 bits per heavy atom. The Morgan fingerprint density at radius 2 is 0.850 bits per heavy atom. The number of hydrogen-bond acceptors (Lipinski definition) is 2. The van der Waals surface area contributed by atoms with Gasteiger partial charge in [0.05, 0.1) is 0 Å². The molecule has 0 saturated carbocycles. The standard InChI is InChI=1S/C14H12.C4H4N2/c1-3-7-13(8-4-1)11-12-14-9-5-2-6-10-14;1-2-6-4-3-5-1/h1-12H;1-4H. The van der Waals surface area contributed by atoms with E-state index in [1.54, 1.807) is 24.8 Å². The highest BCUT2D eigenvalue weighted by Gasteiger charge is 1.84. The van der Waals surface area contributed by atoms with Gasteiger partial charge in [-0.05, 0) is 11.1 Å². The summed E-state index contributed by atoms with van der Waals surface area (Å²) >= 11 is 0. The van der Waals surface area contributed by atoms with Crippen LogP contribution in [0.1, 0.15) is 11.1 Å². The first-order chi connectivity index (χ1) is 9.95. The van der Waals surface area contributed by atoms with Gasteiger partial charge in [-0.25, -0.2) is 0 Å². The molecular weight excluding hydrogens is 244 g/mol. The zero-order valence-corrected chi connectivity index (χ0v) is 11.1. The number of nitrogens with zero attached hydrogens (tertiary/aromatic N) is 2. The van der Waals surface area contributed by atoms with Crippen molar-refractivity contribution in [3.05, 3.63) is 96.6 Å². The maximum Gasteiger partial charge on any atom is 0.0451 e. The van der Waals surface area contributed by atoms with Crippen molar-refractivity contribution >= 4 is 12.2 Å². The summed E-state index contributed by atoms with van der Waals surface area (Å²) in [6.07, 6.45) is 10.8. The number of benzene rings is 2. The highest BCUT2D eigenvalue weighted by molar-refractivity contribution is 5.69. The molecule has 0 aliphatic carbocycles. The van der Waals surface area contributed by atoms with Crippen molar-refractivity contribution in [1.82, 2.24) is 9.97 Å². The molecule has 0 atom stereocenters. The van der Waals surface area contributed by atoms with Crippen LogP contribution < -0.4 is 0 Å². The van der Waals surface area contributed by atoms with E-state index in [0.717, 1.165) is 0 Å². The van der Waals surface area contributed by atoms with Crippen LogP contribution in [-0.4, -0.2) is 9.97 Å². The summed E-state index contributed by atoms with van der Waals surface area (Å²) < 4.78 is 0. The normalized spacial score (nSPS) is 9.80. The van der Waals surface area contributed by atoms with E-state index >= 15 is 0 Å². The quantitative estimate of drug-likeness (QED) is 0.641. The second-order valence-corrected chi connectivity index (χ2v) is 4.05. The molecule has 0 aliphatic heterocycles. The predicted molar refractivity (Wildman–Crippen MR) is 83.8 cm³/mol. The lowest BCUT2D eigenvalue weighted by molar-refractivity contribution is 1.20. The average Bonchev–Trinajstić information content (AvgIpc) is 2.57. The molecule has 3 rings (SSSR count). The fourth-order valence-corrected chi connectivity index (χ4v) is 1.57. The van der Waals surface area contributed by atoms with E-state index in [1.807, 2.05) is 36.4 Å². The van der Waals surface area contributed by atoms with Gasteiger partial charge in [-0.3, -0.25) is 9.97 Å². The number of rotatable bonds is 2. The molecule has 2 aromatic carbocycles. The lowest BCUT2D eigenvalue weighted by atomic mass is 10.1. The second-order valence-electron chi connectivity index (χ2n) is 4.05. The minimum Gasteiger partial charge on any atom is -0.262 e. The minimum absolute atomic E-state index is 1.23. The highest BCUT2D eigenvalue weighted by atomic mass is 14.7. The third kappa shape index (κ3) is 5.27. The molecular formula is C18H16N2. The van der Waals surface area contributed by atoms with Crippen LogP contribution >= 0.6 is 0 Å². The zero-order valence-electron chi connectivity index (χ0n) is 11.1. The molecule has 2 heteroatoms. The van der Waals surface area contributed by atoms with Gasteiger partial charge in [-0.2, -0.15) is 0 Å². The monoisotopic (exact) mass is 260 g/mol. The Morgan fingerprint density at radius 3 is 1.15 bits per heavy atom. The van der Waals surface area contributed by atoms with E-state index in [0.29, 0.717) is 0 Å². The second kappa shape index (κ2) is 8.38. The largest absolute Gasteiger partial charge is 0.262 e. The Hall–Kier alpha value is -2.74. The van der Waals surface area contributed by atoms with Crippen LogP contribution in [0, 0.1) is 0 Å². The maximum absolute atomic E-state index is 3.72. The van der Waals surface area contributed by atoms with Crippen LogP contribution in [-0.2, 0) is 0 Å². The first-order valence-electron chi connectivity index (χ1n) is 6.43. The topological polar surface area (TPSA) is 25.8 Å². The maximum atomic E-state index is 3.72. The van der Waals surface area contributed by atoms with Gasteiger partial charge in [0.1, 0.15) is 0 Å². The van der Waals surface area contributed by atoms with Crippen LogP contribution in [0.2, 0.25) is 0 Å². The lowest BCUT2D eigenvalue weighted by Crippen LogP contribution is -1.70. The Kier molecular flexibility index (Phi) is 5.73. The third-order valence-electron chi connectivity index (χ3n) is 2.54. The molecule has 0 saturated heterocycles. The van der Waals surface area contributed by atoms with Crippen molar-refractivity contribution in [3.8, 4) is 0 Å². The van der Waals surface area contributed by atoms with Gasteiger partial charge in [-0.15, -0.1) is 0 Å². The van der Waals surface area contributed by atoms with Crippen molar-refractivity contribution < 1.29 is 0 Å². The summed E-state index contributed by atoms with van der Waals surface area (Å²) in [5, 5.41) is 0. The van der Waals surface area contributed by atoms with Gasteiger partial charge in [0, 0.05) is 24.8 Å². The summed E-state index contributed by atoms with van der Waals surface area (Å²) in [5.41, 5.74) is 2.47. The molecule has 0 spiro atoms. The van der Waals surface area contributed by atoms with E-state index in [2.05, 4.69) is 46.4 Å². The SMILES string of the molecule is C(=Cc1ccccc1)c1ccccc1.c1cnccn1. The zero-order chi connectivity index (χ0) is 13.9. The smallest absolute Gasteiger partial charge is 0.0451 e. The molecule has 1 aromatic heterocycles. The number of hydrogen-bond donors (Lipinski definition) is 0. The van der Waals surface area contributed by atoms with Gasteiger partial charge < -0.3 is 0 Å². The molecule has 0 bridgehead atoms. The Balaban J connectivity index is 0.000000205. The molecule has 0 fully saturated rings. The van der Waals surface area contributed by atoms with E-state index < -0.39 is 0 Å². The molecule has 0 unspecified atom stereocenters. The van der Waals surface area contributed by atoms with Gasteiger partial charge in [0.15, 0.2) is 0 Å². The first-order valence-corrected chi connectivity index (χ1v) is 6.43. The molecule has 0 aliphatic rings. The van der Waals surface area contributed by atoms with E-state index in [1.165, 1.54) is 11.1 Å². The van der Waals surface area contributed by atoms with Crippen molar-refractivity contribution in [2.45, 2.75) is 0 Å². The van der Waals surface area contributed by atoms with Crippen molar-refractivity contribution in [3.63, 3.8) is 0 Å². The van der Waals surface area contributed by atoms with E-state index in [9.17, 15) is 0 Å². The molecule has 0 N–H and O–H groups in total. The van der Waals surface area contributed by atoms with Gasteiger partial charge in [0.25, 0.3) is 0 Å². The molecule has 1 heterocycles. The summed E-state index contributed by atoms with van der Waals surface area (Å²) in [6.45, 7) is 0. The lowest BCUT2D eigenvalue weighted by Gasteiger charge is -1.92. The Labute approximate surface area is 119 Å². The van der Waals surface area contributed by atoms with Crippen LogP contribution in [0.25, 0.3) is 12.2 Å². The molecule has 98 valence electrons. The highest BCUT2D eigenvalue weighted by Crippen LogP contribution is 2.06. The van der Waals surface area contributed by atoms with Crippen LogP contribution in [0.5, 0.6) is 0 Å². The van der Waals surface area contributed by atoms with Crippen LogP contribution in [0.3, 0.4) is 0 Å². The minimum atomic E-state index is 1.23. The molecule has 2 nitrogen and oxygen atoms in total. The van der Waals surface area contributed by atoms with Crippen LogP contribution in [0.4, 0.5) is 0 Å². The fourth-order valence-electron chi connectivity index (χ4n) is 1.57. The van der Waals surface area contributed by atoms with Gasteiger partial charge in [-0.1, -0.05) is 72.8 Å². The van der Waals surface area contributed by atoms with Gasteiger partial charge >= 0.3 is 0 Å². The van der Waals surface area contributed by atoms with Crippen molar-refractivity contribution in [2.75, 3.05) is 0 Å². The van der Waals surface area contributed by atoms with E-state index in [-0.39, 0.29) is 0 Å².